The molecule has 1 amide bonds. The van der Waals surface area contributed by atoms with Crippen LogP contribution in [0, 0.1) is 10.1 Å². The van der Waals surface area contributed by atoms with Crippen molar-refractivity contribution < 1.29 is 24.0 Å². The van der Waals surface area contributed by atoms with Gasteiger partial charge in [-0.3, -0.25) is 14.9 Å². The third-order valence-corrected chi connectivity index (χ3v) is 4.35. The van der Waals surface area contributed by atoms with Gasteiger partial charge >= 0.3 is 5.97 Å². The third-order valence-electron chi connectivity index (χ3n) is 4.35. The average molecular weight is 445 g/mol. The van der Waals surface area contributed by atoms with Crippen molar-refractivity contribution in [1.82, 2.24) is 5.43 Å². The molecule has 0 saturated carbocycles. The van der Waals surface area contributed by atoms with Gasteiger partial charge in [0.2, 0.25) is 0 Å². The topological polar surface area (TPSA) is 120 Å². The van der Waals surface area contributed by atoms with Gasteiger partial charge in [-0.1, -0.05) is 24.3 Å². The maximum absolute atomic E-state index is 12.1. The Morgan fingerprint density at radius 1 is 0.939 bits per heavy atom. The van der Waals surface area contributed by atoms with E-state index in [-0.39, 0.29) is 11.3 Å². The number of hydrogen-bond acceptors (Lipinski definition) is 7. The molecule has 0 saturated heterocycles. The first-order valence-electron chi connectivity index (χ1n) is 9.67. The number of ether oxygens (including phenoxy) is 2. The molecular formula is C24H19N3O6. The minimum absolute atomic E-state index is 0.0930. The molecule has 0 unspecified atom stereocenters. The first-order chi connectivity index (χ1) is 16.0. The van der Waals surface area contributed by atoms with Crippen LogP contribution in [0.25, 0.3) is 6.08 Å². The van der Waals surface area contributed by atoms with Gasteiger partial charge in [-0.25, -0.2) is 10.2 Å². The normalized spacial score (nSPS) is 10.8. The molecule has 0 aliphatic carbocycles. The summed E-state index contributed by atoms with van der Waals surface area (Å²) in [7, 11) is 1.58. The highest BCUT2D eigenvalue weighted by molar-refractivity contribution is 5.98. The molecule has 1 N–H and O–H groups in total. The third kappa shape index (κ3) is 6.59. The number of nitrogens with one attached hydrogen (secondary N) is 1. The van der Waals surface area contributed by atoms with E-state index < -0.39 is 16.8 Å². The lowest BCUT2D eigenvalue weighted by atomic mass is 10.2. The maximum Gasteiger partial charge on any atom is 0.336 e. The van der Waals surface area contributed by atoms with Gasteiger partial charge in [-0.2, -0.15) is 5.10 Å². The lowest BCUT2D eigenvalue weighted by Gasteiger charge is -2.03. The first-order valence-corrected chi connectivity index (χ1v) is 9.67. The van der Waals surface area contributed by atoms with Gasteiger partial charge in [0.15, 0.2) is 0 Å². The van der Waals surface area contributed by atoms with Gasteiger partial charge in [-0.15, -0.1) is 0 Å². The van der Waals surface area contributed by atoms with Crippen molar-refractivity contribution in [2.45, 2.75) is 0 Å². The van der Waals surface area contributed by atoms with Gasteiger partial charge < -0.3 is 9.47 Å². The predicted molar refractivity (Wildman–Crippen MR) is 122 cm³/mol. The van der Waals surface area contributed by atoms with Crippen LogP contribution in [0.1, 0.15) is 21.5 Å². The fourth-order valence-electron chi connectivity index (χ4n) is 2.70. The molecule has 0 bridgehead atoms. The summed E-state index contributed by atoms with van der Waals surface area (Å²) in [5.41, 5.74) is 3.29. The van der Waals surface area contributed by atoms with Gasteiger partial charge in [0.1, 0.15) is 17.1 Å². The van der Waals surface area contributed by atoms with Crippen molar-refractivity contribution in [2.75, 3.05) is 7.11 Å². The quantitative estimate of drug-likeness (QED) is 0.140. The second-order valence-corrected chi connectivity index (χ2v) is 6.57. The zero-order chi connectivity index (χ0) is 23.6. The Balaban J connectivity index is 1.54. The number of esters is 1. The van der Waals surface area contributed by atoms with Crippen molar-refractivity contribution >= 4 is 29.9 Å². The van der Waals surface area contributed by atoms with Crippen LogP contribution in [0.4, 0.5) is 5.69 Å². The zero-order valence-electron chi connectivity index (χ0n) is 17.5. The highest BCUT2D eigenvalue weighted by Crippen LogP contribution is 2.17. The van der Waals surface area contributed by atoms with E-state index in [1.807, 2.05) is 12.1 Å². The number of carbonyl (C=O) groups excluding carboxylic acids is 2. The van der Waals surface area contributed by atoms with Crippen LogP contribution < -0.4 is 14.9 Å². The van der Waals surface area contributed by atoms with E-state index in [1.54, 1.807) is 49.6 Å². The monoisotopic (exact) mass is 445 g/mol. The summed E-state index contributed by atoms with van der Waals surface area (Å²) in [6.45, 7) is 0. The van der Waals surface area contributed by atoms with Crippen LogP contribution in [0.5, 0.6) is 11.5 Å². The van der Waals surface area contributed by atoms with Crippen LogP contribution in [-0.2, 0) is 4.79 Å². The standard InChI is InChI=1S/C24H19N3O6/c1-32-19-11-6-17(7-12-19)10-15-23(28)33-20-13-8-18(9-14-20)16-25-26-24(29)21-4-2-3-5-22(21)27(30)31/h2-16H,1H3,(H,26,29)/b15-10+,25-16-. The summed E-state index contributed by atoms with van der Waals surface area (Å²) in [6, 6.07) is 19.2. The molecule has 3 aromatic rings. The molecule has 0 fully saturated rings. The molecule has 0 radical (unpaired) electrons. The summed E-state index contributed by atoms with van der Waals surface area (Å²) < 4.78 is 10.3. The lowest BCUT2D eigenvalue weighted by molar-refractivity contribution is -0.385. The number of nitrogens with zero attached hydrogens (tertiary/aromatic N) is 2. The lowest BCUT2D eigenvalue weighted by Crippen LogP contribution is -2.18. The molecular weight excluding hydrogens is 426 g/mol. The van der Waals surface area contributed by atoms with E-state index in [4.69, 9.17) is 9.47 Å². The fraction of sp³-hybridized carbons (Fsp3) is 0.0417. The van der Waals surface area contributed by atoms with Crippen LogP contribution in [0.2, 0.25) is 0 Å². The SMILES string of the molecule is COc1ccc(/C=C/C(=O)Oc2ccc(/C=N\NC(=O)c3ccccc3[N+](=O)[O-])cc2)cc1. The van der Waals surface area contributed by atoms with Crippen molar-refractivity contribution in [3.63, 3.8) is 0 Å². The Kier molecular flexibility index (Phi) is 7.63. The molecule has 166 valence electrons. The Hall–Kier alpha value is -4.79. The Bertz CT molecular complexity index is 1200. The average Bonchev–Trinajstić information content (AvgIpc) is 2.84. The smallest absolute Gasteiger partial charge is 0.336 e. The van der Waals surface area contributed by atoms with E-state index in [0.29, 0.717) is 11.3 Å². The maximum atomic E-state index is 12.1. The summed E-state index contributed by atoms with van der Waals surface area (Å²) in [4.78, 5) is 34.5. The largest absolute Gasteiger partial charge is 0.497 e. The van der Waals surface area contributed by atoms with Gasteiger partial charge in [-0.05, 0) is 59.7 Å². The molecule has 3 aromatic carbocycles. The van der Waals surface area contributed by atoms with E-state index in [2.05, 4.69) is 10.5 Å². The van der Waals surface area contributed by atoms with E-state index in [0.717, 1.165) is 11.3 Å². The van der Waals surface area contributed by atoms with Gasteiger partial charge in [0, 0.05) is 12.1 Å². The number of amides is 1. The second-order valence-electron chi connectivity index (χ2n) is 6.57. The second kappa shape index (κ2) is 11.0. The molecule has 0 spiro atoms. The summed E-state index contributed by atoms with van der Waals surface area (Å²) in [5, 5.41) is 14.8. The Morgan fingerprint density at radius 3 is 2.24 bits per heavy atom. The highest BCUT2D eigenvalue weighted by atomic mass is 16.6. The molecule has 0 aliphatic rings. The number of nitro benzene ring substituents is 1. The van der Waals surface area contributed by atoms with Crippen LogP contribution >= 0.6 is 0 Å². The highest BCUT2D eigenvalue weighted by Gasteiger charge is 2.18. The van der Waals surface area contributed by atoms with E-state index >= 15 is 0 Å². The number of carbonyl (C=O) groups is 2. The minimum atomic E-state index is -0.701. The van der Waals surface area contributed by atoms with Crippen molar-refractivity contribution in [1.29, 1.82) is 0 Å². The number of rotatable bonds is 8. The summed E-state index contributed by atoms with van der Waals surface area (Å²) >= 11 is 0. The van der Waals surface area contributed by atoms with Gasteiger partial charge in [0.25, 0.3) is 11.6 Å². The molecule has 0 aromatic heterocycles. The number of benzene rings is 3. The van der Waals surface area contributed by atoms with Crippen molar-refractivity contribution in [3.8, 4) is 11.5 Å². The molecule has 9 nitrogen and oxygen atoms in total. The number of hydrazone groups is 1. The molecule has 0 aliphatic heterocycles. The van der Waals surface area contributed by atoms with Gasteiger partial charge in [0.05, 0.1) is 18.2 Å². The van der Waals surface area contributed by atoms with Crippen LogP contribution in [-0.4, -0.2) is 30.1 Å². The van der Waals surface area contributed by atoms with E-state index in [9.17, 15) is 19.7 Å². The Morgan fingerprint density at radius 2 is 1.58 bits per heavy atom. The Labute approximate surface area is 189 Å². The summed E-state index contributed by atoms with van der Waals surface area (Å²) in [6.07, 6.45) is 4.31. The number of nitro groups is 1. The van der Waals surface area contributed by atoms with Crippen molar-refractivity contribution in [2.24, 2.45) is 5.10 Å². The number of para-hydroxylation sites is 1. The predicted octanol–water partition coefficient (Wildman–Crippen LogP) is 3.99. The number of methoxy groups -OCH3 is 1. The summed E-state index contributed by atoms with van der Waals surface area (Å²) in [5.74, 6) is -0.184. The first kappa shape index (κ1) is 22.9. The molecule has 0 atom stereocenters. The zero-order valence-corrected chi connectivity index (χ0v) is 17.5. The van der Waals surface area contributed by atoms with Crippen molar-refractivity contribution in [3.05, 3.63) is 106 Å². The van der Waals surface area contributed by atoms with E-state index in [1.165, 1.54) is 36.6 Å². The molecule has 9 heteroatoms. The molecule has 33 heavy (non-hydrogen) atoms. The fourth-order valence-corrected chi connectivity index (χ4v) is 2.70. The molecule has 0 heterocycles. The van der Waals surface area contributed by atoms with Crippen LogP contribution in [0.3, 0.4) is 0 Å². The molecule has 3 rings (SSSR count). The minimum Gasteiger partial charge on any atom is -0.497 e. The van der Waals surface area contributed by atoms with Crippen LogP contribution in [0.15, 0.2) is 84.0 Å². The number of hydrogen-bond donors (Lipinski definition) is 1.